The van der Waals surface area contributed by atoms with E-state index in [2.05, 4.69) is 15.3 Å². The molecule has 3 rings (SSSR count). The Kier molecular flexibility index (Phi) is 3.51. The van der Waals surface area contributed by atoms with Crippen LogP contribution < -0.4 is 11.1 Å². The molecule has 0 unspecified atom stereocenters. The number of fused-ring (bicyclic) bond motifs is 1. The fourth-order valence-corrected chi connectivity index (χ4v) is 2.12. The summed E-state index contributed by atoms with van der Waals surface area (Å²) in [7, 11) is 0. The van der Waals surface area contributed by atoms with Crippen molar-refractivity contribution in [2.45, 2.75) is 6.42 Å². The van der Waals surface area contributed by atoms with Crippen LogP contribution >= 0.6 is 0 Å². The summed E-state index contributed by atoms with van der Waals surface area (Å²) in [5, 5.41) is 3.24. The van der Waals surface area contributed by atoms with Gasteiger partial charge >= 0.3 is 0 Å². The SMILES string of the molecule is NC(=O)c1cc(NCCc2cn3ccccc3n2)ccn1. The van der Waals surface area contributed by atoms with Crippen molar-refractivity contribution in [3.63, 3.8) is 0 Å². The monoisotopic (exact) mass is 281 g/mol. The summed E-state index contributed by atoms with van der Waals surface area (Å²) in [6.07, 6.45) is 6.34. The Morgan fingerprint density at radius 1 is 1.33 bits per heavy atom. The van der Waals surface area contributed by atoms with Crippen molar-refractivity contribution in [2.75, 3.05) is 11.9 Å². The van der Waals surface area contributed by atoms with E-state index < -0.39 is 5.91 Å². The van der Waals surface area contributed by atoms with Gasteiger partial charge in [0, 0.05) is 37.2 Å². The first-order chi connectivity index (χ1) is 10.2. The van der Waals surface area contributed by atoms with Crippen LogP contribution in [0.2, 0.25) is 0 Å². The van der Waals surface area contributed by atoms with Crippen molar-refractivity contribution in [3.8, 4) is 0 Å². The number of aromatic nitrogens is 3. The van der Waals surface area contributed by atoms with Crippen molar-refractivity contribution in [2.24, 2.45) is 5.73 Å². The highest BCUT2D eigenvalue weighted by molar-refractivity contribution is 5.91. The Morgan fingerprint density at radius 2 is 2.24 bits per heavy atom. The molecule has 0 aliphatic carbocycles. The molecule has 3 aromatic rings. The molecule has 106 valence electrons. The molecule has 0 bridgehead atoms. The van der Waals surface area contributed by atoms with Gasteiger partial charge in [0.25, 0.3) is 5.91 Å². The number of rotatable bonds is 5. The summed E-state index contributed by atoms with van der Waals surface area (Å²) < 4.78 is 1.99. The number of pyridine rings is 2. The Bertz CT molecular complexity index is 747. The van der Waals surface area contributed by atoms with Crippen molar-refractivity contribution in [1.82, 2.24) is 14.4 Å². The third-order valence-electron chi connectivity index (χ3n) is 3.14. The number of carbonyl (C=O) groups is 1. The van der Waals surface area contributed by atoms with Gasteiger partial charge in [-0.3, -0.25) is 9.78 Å². The molecule has 0 aliphatic rings. The Hall–Kier alpha value is -2.89. The molecule has 0 spiro atoms. The number of primary amides is 1. The van der Waals surface area contributed by atoms with Gasteiger partial charge in [-0.25, -0.2) is 4.98 Å². The summed E-state index contributed by atoms with van der Waals surface area (Å²) in [5.41, 5.74) is 8.23. The molecule has 1 amide bonds. The average molecular weight is 281 g/mol. The molecule has 0 fully saturated rings. The number of nitrogens with two attached hydrogens (primary N) is 1. The van der Waals surface area contributed by atoms with Crippen LogP contribution in [0.15, 0.2) is 48.9 Å². The summed E-state index contributed by atoms with van der Waals surface area (Å²) in [6, 6.07) is 9.35. The lowest BCUT2D eigenvalue weighted by Gasteiger charge is -2.05. The molecule has 0 aromatic carbocycles. The van der Waals surface area contributed by atoms with E-state index in [1.165, 1.54) is 0 Å². The van der Waals surface area contributed by atoms with E-state index in [-0.39, 0.29) is 5.69 Å². The normalized spacial score (nSPS) is 10.7. The Labute approximate surface area is 121 Å². The zero-order valence-corrected chi connectivity index (χ0v) is 11.4. The largest absolute Gasteiger partial charge is 0.385 e. The average Bonchev–Trinajstić information content (AvgIpc) is 2.90. The highest BCUT2D eigenvalue weighted by Gasteiger charge is 2.04. The van der Waals surface area contributed by atoms with Crippen LogP contribution in [0.4, 0.5) is 5.69 Å². The molecule has 3 heterocycles. The molecule has 0 radical (unpaired) electrons. The van der Waals surface area contributed by atoms with Gasteiger partial charge in [-0.1, -0.05) is 6.07 Å². The predicted octanol–water partition coefficient (Wildman–Crippen LogP) is 1.48. The molecule has 3 aromatic heterocycles. The maximum absolute atomic E-state index is 11.1. The zero-order chi connectivity index (χ0) is 14.7. The van der Waals surface area contributed by atoms with E-state index in [0.717, 1.165) is 23.4 Å². The summed E-state index contributed by atoms with van der Waals surface area (Å²) >= 11 is 0. The van der Waals surface area contributed by atoms with Gasteiger partial charge in [-0.2, -0.15) is 0 Å². The van der Waals surface area contributed by atoms with Gasteiger partial charge in [-0.15, -0.1) is 0 Å². The van der Waals surface area contributed by atoms with Crippen LogP contribution in [0.25, 0.3) is 5.65 Å². The first-order valence-corrected chi connectivity index (χ1v) is 6.65. The van der Waals surface area contributed by atoms with Crippen molar-refractivity contribution in [3.05, 3.63) is 60.3 Å². The lowest BCUT2D eigenvalue weighted by molar-refractivity contribution is 0.0995. The number of hydrogen-bond acceptors (Lipinski definition) is 4. The number of hydrogen-bond donors (Lipinski definition) is 2. The quantitative estimate of drug-likeness (QED) is 0.742. The first-order valence-electron chi connectivity index (χ1n) is 6.65. The molecular formula is C15H15N5O. The van der Waals surface area contributed by atoms with Gasteiger partial charge in [0.2, 0.25) is 0 Å². The first kappa shape index (κ1) is 13.1. The van der Waals surface area contributed by atoms with Gasteiger partial charge in [0.05, 0.1) is 5.69 Å². The molecular weight excluding hydrogens is 266 g/mol. The lowest BCUT2D eigenvalue weighted by Crippen LogP contribution is -2.13. The van der Waals surface area contributed by atoms with E-state index >= 15 is 0 Å². The maximum Gasteiger partial charge on any atom is 0.267 e. The van der Waals surface area contributed by atoms with E-state index in [0.29, 0.717) is 6.54 Å². The van der Waals surface area contributed by atoms with Gasteiger partial charge in [0.15, 0.2) is 0 Å². The zero-order valence-electron chi connectivity index (χ0n) is 11.4. The van der Waals surface area contributed by atoms with E-state index in [1.54, 1.807) is 18.3 Å². The Morgan fingerprint density at radius 3 is 3.05 bits per heavy atom. The van der Waals surface area contributed by atoms with Crippen LogP contribution in [-0.2, 0) is 6.42 Å². The van der Waals surface area contributed by atoms with E-state index in [1.807, 2.05) is 35.0 Å². The highest BCUT2D eigenvalue weighted by Crippen LogP contribution is 2.09. The second-order valence-electron chi connectivity index (χ2n) is 4.67. The molecule has 6 nitrogen and oxygen atoms in total. The summed E-state index contributed by atoms with van der Waals surface area (Å²) in [6.45, 7) is 0.714. The van der Waals surface area contributed by atoms with Gasteiger partial charge in [-0.05, 0) is 24.3 Å². The number of anilines is 1. The predicted molar refractivity (Wildman–Crippen MR) is 80.1 cm³/mol. The van der Waals surface area contributed by atoms with Crippen molar-refractivity contribution in [1.29, 1.82) is 0 Å². The second-order valence-corrected chi connectivity index (χ2v) is 4.67. The second kappa shape index (κ2) is 5.62. The third-order valence-corrected chi connectivity index (χ3v) is 3.14. The topological polar surface area (TPSA) is 85.3 Å². The van der Waals surface area contributed by atoms with Crippen LogP contribution in [0.3, 0.4) is 0 Å². The molecule has 0 atom stereocenters. The van der Waals surface area contributed by atoms with E-state index in [4.69, 9.17) is 5.73 Å². The molecule has 3 N–H and O–H groups in total. The molecule has 0 aliphatic heterocycles. The van der Waals surface area contributed by atoms with Gasteiger partial charge in [0.1, 0.15) is 11.3 Å². The van der Waals surface area contributed by atoms with Crippen LogP contribution in [0.5, 0.6) is 0 Å². The summed E-state index contributed by atoms with van der Waals surface area (Å²) in [5.74, 6) is -0.529. The number of nitrogens with one attached hydrogen (secondary N) is 1. The van der Waals surface area contributed by atoms with Crippen molar-refractivity contribution < 1.29 is 4.79 Å². The van der Waals surface area contributed by atoms with Crippen LogP contribution in [0.1, 0.15) is 16.2 Å². The number of imidazole rings is 1. The minimum Gasteiger partial charge on any atom is -0.385 e. The van der Waals surface area contributed by atoms with Gasteiger partial charge < -0.3 is 15.5 Å². The van der Waals surface area contributed by atoms with Crippen LogP contribution in [-0.4, -0.2) is 26.8 Å². The molecule has 21 heavy (non-hydrogen) atoms. The maximum atomic E-state index is 11.1. The number of carbonyl (C=O) groups excluding carboxylic acids is 1. The minimum absolute atomic E-state index is 0.257. The van der Waals surface area contributed by atoms with E-state index in [9.17, 15) is 4.79 Å². The Balaban J connectivity index is 1.63. The number of amides is 1. The smallest absolute Gasteiger partial charge is 0.267 e. The molecule has 0 saturated heterocycles. The molecule has 6 heteroatoms. The highest BCUT2D eigenvalue weighted by atomic mass is 16.1. The third kappa shape index (κ3) is 3.00. The van der Waals surface area contributed by atoms with Crippen molar-refractivity contribution >= 4 is 17.2 Å². The minimum atomic E-state index is -0.529. The van der Waals surface area contributed by atoms with Crippen LogP contribution in [0, 0.1) is 0 Å². The fourth-order valence-electron chi connectivity index (χ4n) is 2.12. The summed E-state index contributed by atoms with van der Waals surface area (Å²) in [4.78, 5) is 19.5. The number of nitrogens with zero attached hydrogens (tertiary/aromatic N) is 3. The standard InChI is InChI=1S/C15H15N5O/c16-15(21)13-9-11(4-7-18-13)17-6-5-12-10-20-8-2-1-3-14(20)19-12/h1-4,7-10H,5-6H2,(H2,16,21)(H,17,18). The lowest BCUT2D eigenvalue weighted by atomic mass is 10.3. The molecule has 0 saturated carbocycles. The fraction of sp³-hybridized carbons (Fsp3) is 0.133.